The van der Waals surface area contributed by atoms with Crippen molar-refractivity contribution in [1.29, 1.82) is 0 Å². The van der Waals surface area contributed by atoms with Crippen LogP contribution in [0.2, 0.25) is 0 Å². The second-order valence-electron chi connectivity index (χ2n) is 7.08. The minimum Gasteiger partial charge on any atom is -0.334 e. The lowest BCUT2D eigenvalue weighted by Gasteiger charge is -2.29. The Balaban J connectivity index is 1.51. The summed E-state index contributed by atoms with van der Waals surface area (Å²) in [6.07, 6.45) is 4.68. The fourth-order valence-electron chi connectivity index (χ4n) is 3.53. The summed E-state index contributed by atoms with van der Waals surface area (Å²) >= 11 is 0. The average molecular weight is 325 g/mol. The standard InChI is InChI=1S/C19H23N3O2/c1-12(13-6-7-13)22(15-8-9-15)19(24)20-11-14-10-18(23)21-17-5-3-2-4-16(14)17/h2-5,10,12-13,15H,6-9,11H2,1H3,(H,20,24)(H,21,23)/t12-/m1/s1. The molecule has 1 aromatic heterocycles. The third-order valence-corrected chi connectivity index (χ3v) is 5.18. The summed E-state index contributed by atoms with van der Waals surface area (Å²) in [7, 11) is 0. The highest BCUT2D eigenvalue weighted by atomic mass is 16.2. The van der Waals surface area contributed by atoms with Crippen molar-refractivity contribution in [2.24, 2.45) is 5.92 Å². The van der Waals surface area contributed by atoms with Crippen LogP contribution in [0.1, 0.15) is 38.2 Å². The third-order valence-electron chi connectivity index (χ3n) is 5.18. The van der Waals surface area contributed by atoms with E-state index in [0.29, 0.717) is 24.5 Å². The van der Waals surface area contributed by atoms with Crippen LogP contribution in [-0.4, -0.2) is 28.0 Å². The number of urea groups is 1. The zero-order valence-electron chi connectivity index (χ0n) is 13.9. The number of nitrogens with zero attached hydrogens (tertiary/aromatic N) is 1. The van der Waals surface area contributed by atoms with Crippen molar-refractivity contribution < 1.29 is 4.79 Å². The van der Waals surface area contributed by atoms with Crippen LogP contribution in [0.3, 0.4) is 0 Å². The fourth-order valence-corrected chi connectivity index (χ4v) is 3.53. The van der Waals surface area contributed by atoms with E-state index >= 15 is 0 Å². The topological polar surface area (TPSA) is 65.2 Å². The minimum atomic E-state index is -0.136. The van der Waals surface area contributed by atoms with E-state index in [1.807, 2.05) is 29.2 Å². The predicted octanol–water partition coefficient (Wildman–Crippen LogP) is 3.00. The van der Waals surface area contributed by atoms with E-state index in [1.165, 1.54) is 12.8 Å². The number of nitrogens with one attached hydrogen (secondary N) is 2. The lowest BCUT2D eigenvalue weighted by Crippen LogP contribution is -2.47. The molecule has 0 radical (unpaired) electrons. The van der Waals surface area contributed by atoms with E-state index < -0.39 is 0 Å². The second-order valence-corrected chi connectivity index (χ2v) is 7.08. The SMILES string of the molecule is C[C@H](C1CC1)N(C(=O)NCc1cc(=O)[nH]c2ccccc12)C1CC1. The van der Waals surface area contributed by atoms with E-state index in [-0.39, 0.29) is 11.6 Å². The van der Waals surface area contributed by atoms with Crippen LogP contribution in [0, 0.1) is 5.92 Å². The second kappa shape index (κ2) is 5.96. The third kappa shape index (κ3) is 3.03. The maximum absolute atomic E-state index is 12.7. The number of fused-ring (bicyclic) bond motifs is 1. The van der Waals surface area contributed by atoms with Crippen LogP contribution >= 0.6 is 0 Å². The van der Waals surface area contributed by atoms with E-state index in [4.69, 9.17) is 0 Å². The molecule has 4 rings (SSSR count). The molecule has 2 aromatic rings. The number of aromatic amines is 1. The van der Waals surface area contributed by atoms with Gasteiger partial charge in [0.25, 0.3) is 0 Å². The lowest BCUT2D eigenvalue weighted by molar-refractivity contribution is 0.166. The average Bonchev–Trinajstić information content (AvgIpc) is 3.45. The van der Waals surface area contributed by atoms with Gasteiger partial charge in [-0.1, -0.05) is 18.2 Å². The maximum atomic E-state index is 12.7. The lowest BCUT2D eigenvalue weighted by atomic mass is 10.1. The van der Waals surface area contributed by atoms with Crippen molar-refractivity contribution in [1.82, 2.24) is 15.2 Å². The molecule has 2 aliphatic carbocycles. The summed E-state index contributed by atoms with van der Waals surface area (Å²) in [6, 6.07) is 9.98. The van der Waals surface area contributed by atoms with E-state index in [9.17, 15) is 9.59 Å². The molecule has 5 nitrogen and oxygen atoms in total. The number of carbonyl (C=O) groups is 1. The highest BCUT2D eigenvalue weighted by Crippen LogP contribution is 2.39. The molecule has 0 spiro atoms. The van der Waals surface area contributed by atoms with Crippen molar-refractivity contribution in [2.45, 2.75) is 51.2 Å². The summed E-state index contributed by atoms with van der Waals surface area (Å²) < 4.78 is 0. The van der Waals surface area contributed by atoms with Gasteiger partial charge in [0.2, 0.25) is 5.56 Å². The summed E-state index contributed by atoms with van der Waals surface area (Å²) in [4.78, 5) is 29.4. The van der Waals surface area contributed by atoms with Gasteiger partial charge in [-0.2, -0.15) is 0 Å². The van der Waals surface area contributed by atoms with Gasteiger partial charge in [-0.05, 0) is 50.2 Å². The number of rotatable bonds is 5. The molecule has 1 aromatic carbocycles. The minimum absolute atomic E-state index is 0.00117. The molecule has 1 atom stereocenters. The van der Waals surface area contributed by atoms with Gasteiger partial charge < -0.3 is 15.2 Å². The Hall–Kier alpha value is -2.30. The van der Waals surface area contributed by atoms with Crippen molar-refractivity contribution in [3.05, 3.63) is 46.2 Å². The Morgan fingerprint density at radius 3 is 2.75 bits per heavy atom. The molecular formula is C19H23N3O2. The van der Waals surface area contributed by atoms with Crippen molar-refractivity contribution in [2.75, 3.05) is 0 Å². The number of amides is 2. The smallest absolute Gasteiger partial charge is 0.318 e. The predicted molar refractivity (Wildman–Crippen MR) is 93.9 cm³/mol. The molecule has 24 heavy (non-hydrogen) atoms. The van der Waals surface area contributed by atoms with Crippen LogP contribution in [0.4, 0.5) is 4.79 Å². The van der Waals surface area contributed by atoms with Gasteiger partial charge in [-0.15, -0.1) is 0 Å². The van der Waals surface area contributed by atoms with Crippen LogP contribution in [0.15, 0.2) is 35.1 Å². The van der Waals surface area contributed by atoms with Gasteiger partial charge in [0.05, 0.1) is 0 Å². The number of H-pyrrole nitrogens is 1. The van der Waals surface area contributed by atoms with Gasteiger partial charge in [0.1, 0.15) is 0 Å². The molecule has 126 valence electrons. The molecule has 0 bridgehead atoms. The highest BCUT2D eigenvalue weighted by Gasteiger charge is 2.41. The summed E-state index contributed by atoms with van der Waals surface area (Å²) in [5.74, 6) is 0.664. The molecule has 1 heterocycles. The maximum Gasteiger partial charge on any atom is 0.318 e. The van der Waals surface area contributed by atoms with Gasteiger partial charge in [-0.25, -0.2) is 4.79 Å². The number of pyridine rings is 1. The molecule has 0 unspecified atom stereocenters. The van der Waals surface area contributed by atoms with Crippen molar-refractivity contribution in [3.8, 4) is 0 Å². The van der Waals surface area contributed by atoms with E-state index in [0.717, 1.165) is 29.3 Å². The van der Waals surface area contributed by atoms with Crippen molar-refractivity contribution >= 4 is 16.9 Å². The van der Waals surface area contributed by atoms with E-state index in [2.05, 4.69) is 17.2 Å². The molecule has 2 saturated carbocycles. The molecular weight excluding hydrogens is 302 g/mol. The number of para-hydroxylation sites is 1. The quantitative estimate of drug-likeness (QED) is 0.887. The first-order valence-corrected chi connectivity index (χ1v) is 8.80. The molecule has 2 fully saturated rings. The van der Waals surface area contributed by atoms with Gasteiger partial charge >= 0.3 is 6.03 Å². The Kier molecular flexibility index (Phi) is 3.79. The molecule has 5 heteroatoms. The number of hydrogen-bond donors (Lipinski definition) is 2. The van der Waals surface area contributed by atoms with Gasteiger partial charge in [0.15, 0.2) is 0 Å². The Bertz CT molecular complexity index is 821. The number of benzene rings is 1. The molecule has 0 aliphatic heterocycles. The Morgan fingerprint density at radius 1 is 1.29 bits per heavy atom. The highest BCUT2D eigenvalue weighted by molar-refractivity contribution is 5.82. The first-order chi connectivity index (χ1) is 11.6. The Morgan fingerprint density at radius 2 is 2.04 bits per heavy atom. The monoisotopic (exact) mass is 325 g/mol. The molecule has 2 N–H and O–H groups in total. The van der Waals surface area contributed by atoms with Gasteiger partial charge in [-0.3, -0.25) is 4.79 Å². The zero-order valence-corrected chi connectivity index (χ0v) is 13.9. The largest absolute Gasteiger partial charge is 0.334 e. The van der Waals surface area contributed by atoms with Crippen molar-refractivity contribution in [3.63, 3.8) is 0 Å². The summed E-state index contributed by atoms with van der Waals surface area (Å²) in [5.41, 5.74) is 1.53. The summed E-state index contributed by atoms with van der Waals surface area (Å²) in [6.45, 7) is 2.54. The molecule has 2 aliphatic rings. The zero-order chi connectivity index (χ0) is 16.7. The molecule has 0 saturated heterocycles. The van der Waals surface area contributed by atoms with Crippen LogP contribution in [0.5, 0.6) is 0 Å². The number of hydrogen-bond acceptors (Lipinski definition) is 2. The first kappa shape index (κ1) is 15.2. The first-order valence-electron chi connectivity index (χ1n) is 8.80. The summed E-state index contributed by atoms with van der Waals surface area (Å²) in [5, 5.41) is 4.01. The fraction of sp³-hybridized carbons (Fsp3) is 0.474. The normalized spacial score (nSPS) is 18.4. The van der Waals surface area contributed by atoms with Crippen LogP contribution in [0.25, 0.3) is 10.9 Å². The van der Waals surface area contributed by atoms with E-state index in [1.54, 1.807) is 6.07 Å². The number of aromatic nitrogens is 1. The number of carbonyl (C=O) groups excluding carboxylic acids is 1. The molecule has 2 amide bonds. The van der Waals surface area contributed by atoms with Gasteiger partial charge in [0, 0.05) is 35.6 Å². The van der Waals surface area contributed by atoms with Crippen LogP contribution < -0.4 is 10.9 Å². The van der Waals surface area contributed by atoms with Crippen LogP contribution in [-0.2, 0) is 6.54 Å². The Labute approximate surface area is 141 Å².